The lowest BCUT2D eigenvalue weighted by Gasteiger charge is -2.46. The zero-order valence-electron chi connectivity index (χ0n) is 78.4. The normalized spacial score (nSPS) is 15.1. The Morgan fingerprint density at radius 3 is 0.482 bits per heavy atom. The number of fused-ring (bicyclic) bond motifs is 8. The van der Waals surface area contributed by atoms with Crippen molar-refractivity contribution in [3.63, 3.8) is 0 Å². The SMILES string of the molecule is CCC.CCC.CCC.CCC.CCC.CCC.CCC.CCC.CC[Si]1(CC)c2cccnc2[Si](CC)(CC)c2cccnc21.CC[Si]1(CC)c2cccnc2[Si](CC)(CC)c2ncccc21.CC[Si]1(CC)c2ccncc2[Si](CC)(CC)c2ccncc21.CC[Si]1(CC)c2ccncc2[Si](CC)(CC)c2cnccc21. The average molecular weight is 1660 g/mol. The molecule has 0 atom stereocenters. The Morgan fingerprint density at radius 1 is 0.161 bits per heavy atom. The highest BCUT2D eigenvalue weighted by Crippen LogP contribution is 2.29. The first kappa shape index (κ1) is 105. The van der Waals surface area contributed by atoms with Crippen molar-refractivity contribution in [1.29, 1.82) is 0 Å². The van der Waals surface area contributed by atoms with Gasteiger partial charge in [0.05, 0.1) is 0 Å². The summed E-state index contributed by atoms with van der Waals surface area (Å²) >= 11 is 0. The Morgan fingerprint density at radius 2 is 0.304 bits per heavy atom. The van der Waals surface area contributed by atoms with Gasteiger partial charge in [-0.05, 0) is 102 Å². The van der Waals surface area contributed by atoms with Gasteiger partial charge in [-0.25, -0.2) is 0 Å². The van der Waals surface area contributed by atoms with Crippen molar-refractivity contribution in [2.75, 3.05) is 0 Å². The summed E-state index contributed by atoms with van der Waals surface area (Å²) in [7, 11) is -13.6. The Bertz CT molecular complexity index is 2880. The van der Waals surface area contributed by atoms with Crippen molar-refractivity contribution in [2.24, 2.45) is 0 Å². The van der Waals surface area contributed by atoms with E-state index < -0.39 is 64.6 Å². The maximum Gasteiger partial charge on any atom is 0.163 e. The van der Waals surface area contributed by atoms with Crippen LogP contribution in [0.15, 0.2) is 147 Å². The summed E-state index contributed by atoms with van der Waals surface area (Å²) in [5.41, 5.74) is 0. The lowest BCUT2D eigenvalue weighted by atomic mass is 10.5. The van der Waals surface area contributed by atoms with Crippen molar-refractivity contribution in [3.05, 3.63) is 147 Å². The zero-order chi connectivity index (χ0) is 84.8. The van der Waals surface area contributed by atoms with Crippen LogP contribution in [0.2, 0.25) is 96.7 Å². The predicted octanol–water partition coefficient (Wildman–Crippen LogP) is 19.3. The quantitative estimate of drug-likeness (QED) is 0.0882. The molecule has 0 saturated heterocycles. The minimum Gasteiger partial charge on any atom is -0.266 e. The summed E-state index contributed by atoms with van der Waals surface area (Å²) < 4.78 is 0. The van der Waals surface area contributed by atoms with E-state index in [4.69, 9.17) is 19.9 Å². The lowest BCUT2D eigenvalue weighted by Crippen LogP contribution is -2.82. The second-order valence-corrected chi connectivity index (χ2v) is 68.2. The molecular weight excluding hydrogens is 1490 g/mol. The van der Waals surface area contributed by atoms with Crippen LogP contribution < -0.4 is 83.5 Å². The van der Waals surface area contributed by atoms with E-state index in [0.29, 0.717) is 0 Å². The minimum absolute atomic E-state index is 1.20. The van der Waals surface area contributed by atoms with Crippen molar-refractivity contribution in [3.8, 4) is 0 Å². The van der Waals surface area contributed by atoms with Crippen LogP contribution in [-0.2, 0) is 0 Å². The van der Waals surface area contributed by atoms with Crippen LogP contribution in [0, 0.1) is 0 Å². The zero-order valence-corrected chi connectivity index (χ0v) is 86.4. The maximum absolute atomic E-state index is 4.97. The third-order valence-corrected chi connectivity index (χ3v) is 68.0. The molecule has 8 nitrogen and oxygen atoms in total. The monoisotopic (exact) mass is 1660 g/mol. The molecule has 8 aromatic rings. The van der Waals surface area contributed by atoms with Crippen LogP contribution in [0.3, 0.4) is 0 Å². The second kappa shape index (κ2) is 54.0. The Kier molecular flexibility index (Phi) is 50.6. The molecular formula is C96H168N8Si8. The average Bonchev–Trinajstić information content (AvgIpc) is 0.730. The molecule has 0 spiro atoms. The highest BCUT2D eigenvalue weighted by molar-refractivity contribution is 7.20. The topological polar surface area (TPSA) is 103 Å². The van der Waals surface area contributed by atoms with Crippen molar-refractivity contribution in [1.82, 2.24) is 39.9 Å². The molecule has 4 aliphatic rings. The molecule has 112 heavy (non-hydrogen) atoms. The fraction of sp³-hybridized carbons (Fsp3) is 0.583. The van der Waals surface area contributed by atoms with E-state index in [1.165, 1.54) is 169 Å². The van der Waals surface area contributed by atoms with Crippen LogP contribution in [0.4, 0.5) is 0 Å². The first-order valence-corrected chi connectivity index (χ1v) is 65.1. The predicted molar refractivity (Wildman–Crippen MR) is 529 cm³/mol. The summed E-state index contributed by atoms with van der Waals surface area (Å²) in [5, 5.41) is 25.5. The fourth-order valence-corrected chi connectivity index (χ4v) is 62.9. The summed E-state index contributed by atoms with van der Waals surface area (Å²) in [6, 6.07) is 47.4. The van der Waals surface area contributed by atoms with Gasteiger partial charge in [-0.2, -0.15) is 0 Å². The van der Waals surface area contributed by atoms with Crippen LogP contribution in [0.5, 0.6) is 0 Å². The van der Waals surface area contributed by atoms with Gasteiger partial charge in [0.2, 0.25) is 0 Å². The Hall–Kier alpha value is -5.06. The number of hydrogen-bond donors (Lipinski definition) is 0. The van der Waals surface area contributed by atoms with E-state index in [1.807, 2.05) is 49.6 Å². The maximum atomic E-state index is 4.97. The van der Waals surface area contributed by atoms with Gasteiger partial charge < -0.3 is 0 Å². The molecule has 12 heterocycles. The largest absolute Gasteiger partial charge is 0.266 e. The first-order valence-electron chi connectivity index (χ1n) is 45.7. The number of hydrogen-bond acceptors (Lipinski definition) is 8. The molecule has 0 aliphatic carbocycles. The smallest absolute Gasteiger partial charge is 0.163 e. The second-order valence-electron chi connectivity index (χ2n) is 31.3. The minimum atomic E-state index is -1.78. The number of aromatic nitrogens is 8. The van der Waals surface area contributed by atoms with E-state index in [1.54, 1.807) is 62.2 Å². The molecule has 0 amide bonds. The molecule has 0 radical (unpaired) electrons. The Balaban J connectivity index is 0.000000680. The van der Waals surface area contributed by atoms with Gasteiger partial charge in [0.15, 0.2) is 8.07 Å². The fourth-order valence-electron chi connectivity index (χ4n) is 18.5. The molecule has 624 valence electrons. The van der Waals surface area contributed by atoms with Gasteiger partial charge in [-0.1, -0.05) is 403 Å². The summed E-state index contributed by atoms with van der Waals surface area (Å²) in [6.45, 7) is 71.9. The summed E-state index contributed by atoms with van der Waals surface area (Å²) in [4.78, 5) is 38.0. The van der Waals surface area contributed by atoms with E-state index in [-0.39, 0.29) is 0 Å². The van der Waals surface area contributed by atoms with Gasteiger partial charge in [-0.3, -0.25) is 39.9 Å². The van der Waals surface area contributed by atoms with Crippen molar-refractivity contribution < 1.29 is 0 Å². The van der Waals surface area contributed by atoms with Gasteiger partial charge in [0, 0.05) is 95.6 Å². The summed E-state index contributed by atoms with van der Waals surface area (Å²) in [6.07, 6.45) is 34.9. The molecule has 12 rings (SSSR count). The van der Waals surface area contributed by atoms with E-state index in [0.717, 1.165) is 0 Å². The van der Waals surface area contributed by atoms with Crippen molar-refractivity contribution >= 4 is 148 Å². The molecule has 16 heteroatoms. The van der Waals surface area contributed by atoms with E-state index in [2.05, 4.69) is 339 Å². The third-order valence-electron chi connectivity index (χ3n) is 24.2. The van der Waals surface area contributed by atoms with Crippen LogP contribution in [0.1, 0.15) is 273 Å². The lowest BCUT2D eigenvalue weighted by molar-refractivity contribution is 1.09. The standard InChI is InChI=1S/4C18H26N2Si2.8C3H8/c1-5-21(6-2)15-9-11-20-14-18(15)22(7-3,8-4)16-10-12-19-13-17(16)21;1-5-21(6-2)15-9-11-19-13-17(15)22(7-3,8-4)18-14-20-12-10-16(18)21;1-5-21(6-2)15-11-9-14-20-18(15)22(7-3,8-4)16-12-10-13-19-17(16)21;1-5-21(6-2)15-11-9-13-19-17(15)22(7-3,8-4)18-16(21)12-10-14-20-18;8*1-3-2/h4*9-14H,5-8H2,1-4H3;8*3H2,1-2H3. The molecule has 0 fully saturated rings. The number of nitrogens with zero attached hydrogens (tertiary/aromatic N) is 8. The van der Waals surface area contributed by atoms with Gasteiger partial charge in [0.1, 0.15) is 56.5 Å². The molecule has 0 saturated carbocycles. The van der Waals surface area contributed by atoms with Gasteiger partial charge in [0.25, 0.3) is 0 Å². The first-order chi connectivity index (χ1) is 54.1. The van der Waals surface area contributed by atoms with Crippen molar-refractivity contribution in [2.45, 2.75) is 370 Å². The van der Waals surface area contributed by atoms with E-state index in [9.17, 15) is 0 Å². The highest BCUT2D eigenvalue weighted by atomic mass is 28.3. The molecule has 8 aromatic heterocycles. The van der Waals surface area contributed by atoms with Gasteiger partial charge >= 0.3 is 0 Å². The molecule has 4 aliphatic heterocycles. The third kappa shape index (κ3) is 22.0. The molecule has 0 aromatic carbocycles. The number of pyridine rings is 8. The highest BCUT2D eigenvalue weighted by Gasteiger charge is 2.55. The number of rotatable bonds is 16. The molecule has 0 unspecified atom stereocenters. The summed E-state index contributed by atoms with van der Waals surface area (Å²) in [5.74, 6) is 0. The van der Waals surface area contributed by atoms with Crippen LogP contribution >= 0.6 is 0 Å². The van der Waals surface area contributed by atoms with Crippen LogP contribution in [0.25, 0.3) is 0 Å². The molecule has 0 N–H and O–H groups in total. The van der Waals surface area contributed by atoms with E-state index >= 15 is 0 Å². The molecule has 0 bridgehead atoms. The van der Waals surface area contributed by atoms with Crippen LogP contribution in [-0.4, -0.2) is 104 Å². The van der Waals surface area contributed by atoms with Gasteiger partial charge in [-0.15, -0.1) is 0 Å². The Labute approximate surface area is 699 Å².